The van der Waals surface area contributed by atoms with Gasteiger partial charge in [-0.3, -0.25) is 4.79 Å². The molecule has 0 saturated heterocycles. The minimum Gasteiger partial charge on any atom is -0.481 e. The van der Waals surface area contributed by atoms with Gasteiger partial charge >= 0.3 is 12.0 Å². The zero-order valence-corrected chi connectivity index (χ0v) is 10.3. The summed E-state index contributed by atoms with van der Waals surface area (Å²) in [6.07, 6.45) is 3.71. The molecule has 0 heterocycles. The van der Waals surface area contributed by atoms with Crippen LogP contribution in [0.3, 0.4) is 0 Å². The maximum Gasteiger partial charge on any atom is 0.317 e. The van der Waals surface area contributed by atoms with Crippen molar-refractivity contribution in [3.8, 4) is 0 Å². The van der Waals surface area contributed by atoms with Gasteiger partial charge in [0.15, 0.2) is 0 Å². The Balaban J connectivity index is 1.70. The van der Waals surface area contributed by atoms with Gasteiger partial charge in [0.25, 0.3) is 0 Å². The second-order valence-electron chi connectivity index (χ2n) is 5.41. The Morgan fingerprint density at radius 3 is 2.65 bits per heavy atom. The fourth-order valence-corrected chi connectivity index (χ4v) is 2.27. The topological polar surface area (TPSA) is 69.6 Å². The molecule has 2 N–H and O–H groups in total. The van der Waals surface area contributed by atoms with Crippen LogP contribution < -0.4 is 5.32 Å². The number of nitrogens with one attached hydrogen (secondary N) is 1. The number of carbonyl (C=O) groups excluding carboxylic acids is 1. The number of urea groups is 1. The molecule has 0 aromatic rings. The summed E-state index contributed by atoms with van der Waals surface area (Å²) >= 11 is 0. The van der Waals surface area contributed by atoms with Crippen LogP contribution in [0.5, 0.6) is 0 Å². The first kappa shape index (κ1) is 12.2. The average molecular weight is 240 g/mol. The number of carbonyl (C=O) groups is 2. The zero-order chi connectivity index (χ0) is 12.6. The van der Waals surface area contributed by atoms with Crippen molar-refractivity contribution in [2.24, 2.45) is 17.8 Å². The first-order chi connectivity index (χ1) is 7.99. The van der Waals surface area contributed by atoms with Crippen LogP contribution in [0.1, 0.15) is 26.2 Å². The standard InChI is InChI=1S/C12H20N2O3/c1-7(11(15)16)6-14(2)12(17)13-10-5-9(10)8-3-4-8/h7-10H,3-6H2,1-2H3,(H,13,17)(H,15,16)/t7?,9-,10+/m0/s1. The molecular formula is C12H20N2O3. The van der Waals surface area contributed by atoms with Crippen LogP contribution in [-0.4, -0.2) is 41.6 Å². The van der Waals surface area contributed by atoms with E-state index >= 15 is 0 Å². The molecule has 0 radical (unpaired) electrons. The lowest BCUT2D eigenvalue weighted by Crippen LogP contribution is -2.42. The third-order valence-corrected chi connectivity index (χ3v) is 3.69. The van der Waals surface area contributed by atoms with E-state index in [2.05, 4.69) is 5.32 Å². The van der Waals surface area contributed by atoms with Gasteiger partial charge in [-0.15, -0.1) is 0 Å². The number of aliphatic carboxylic acids is 1. The van der Waals surface area contributed by atoms with Crippen LogP contribution in [0.4, 0.5) is 4.79 Å². The molecule has 0 aromatic carbocycles. The van der Waals surface area contributed by atoms with Gasteiger partial charge in [-0.05, 0) is 31.1 Å². The second kappa shape index (κ2) is 4.55. The van der Waals surface area contributed by atoms with Crippen molar-refractivity contribution in [3.63, 3.8) is 0 Å². The number of hydrogen-bond acceptors (Lipinski definition) is 2. The summed E-state index contributed by atoms with van der Waals surface area (Å²) in [5.41, 5.74) is 0. The molecule has 17 heavy (non-hydrogen) atoms. The molecule has 2 aliphatic rings. The van der Waals surface area contributed by atoms with Crippen molar-refractivity contribution in [3.05, 3.63) is 0 Å². The molecule has 0 aliphatic heterocycles. The highest BCUT2D eigenvalue weighted by Gasteiger charge is 2.48. The summed E-state index contributed by atoms with van der Waals surface area (Å²) in [6, 6.07) is 0.184. The van der Waals surface area contributed by atoms with Crippen molar-refractivity contribution in [2.45, 2.75) is 32.2 Å². The van der Waals surface area contributed by atoms with Gasteiger partial charge in [0, 0.05) is 19.6 Å². The Morgan fingerprint density at radius 2 is 2.12 bits per heavy atom. The number of rotatable bonds is 5. The van der Waals surface area contributed by atoms with Gasteiger partial charge in [0.2, 0.25) is 0 Å². The average Bonchev–Trinajstić information content (AvgIpc) is 3.10. The van der Waals surface area contributed by atoms with E-state index in [1.807, 2.05) is 0 Å². The van der Waals surface area contributed by atoms with Crippen LogP contribution in [0.25, 0.3) is 0 Å². The molecule has 3 atom stereocenters. The lowest BCUT2D eigenvalue weighted by atomic mass is 10.2. The van der Waals surface area contributed by atoms with Crippen LogP contribution in [0.15, 0.2) is 0 Å². The minimum atomic E-state index is -0.869. The Labute approximate surface area is 101 Å². The number of nitrogens with zero attached hydrogens (tertiary/aromatic N) is 1. The van der Waals surface area contributed by atoms with Gasteiger partial charge in [-0.25, -0.2) is 4.79 Å². The van der Waals surface area contributed by atoms with E-state index in [0.717, 1.165) is 12.3 Å². The molecule has 5 heteroatoms. The molecule has 2 saturated carbocycles. The number of hydrogen-bond donors (Lipinski definition) is 2. The van der Waals surface area contributed by atoms with Gasteiger partial charge in [-0.2, -0.15) is 0 Å². The summed E-state index contributed by atoms with van der Waals surface area (Å²) in [5.74, 6) is 0.129. The Kier molecular flexibility index (Phi) is 3.26. The number of carboxylic acids is 1. The number of carboxylic acid groups (broad SMARTS) is 1. The van der Waals surface area contributed by atoms with Crippen molar-refractivity contribution in [2.75, 3.05) is 13.6 Å². The van der Waals surface area contributed by atoms with E-state index in [0.29, 0.717) is 12.0 Å². The van der Waals surface area contributed by atoms with E-state index in [-0.39, 0.29) is 12.6 Å². The molecule has 2 rings (SSSR count). The monoisotopic (exact) mass is 240 g/mol. The maximum absolute atomic E-state index is 11.8. The van der Waals surface area contributed by atoms with Gasteiger partial charge in [0.05, 0.1) is 5.92 Å². The largest absolute Gasteiger partial charge is 0.481 e. The second-order valence-corrected chi connectivity index (χ2v) is 5.41. The predicted octanol–water partition coefficient (Wildman–Crippen LogP) is 1.15. The summed E-state index contributed by atoms with van der Waals surface area (Å²) in [6.45, 7) is 1.86. The highest BCUT2D eigenvalue weighted by molar-refractivity contribution is 5.76. The van der Waals surface area contributed by atoms with Crippen LogP contribution in [-0.2, 0) is 4.79 Å². The first-order valence-electron chi connectivity index (χ1n) is 6.23. The molecule has 1 unspecified atom stereocenters. The first-order valence-corrected chi connectivity index (χ1v) is 6.23. The molecular weight excluding hydrogens is 220 g/mol. The van der Waals surface area contributed by atoms with Crippen molar-refractivity contribution >= 4 is 12.0 Å². The van der Waals surface area contributed by atoms with Gasteiger partial charge in [0.1, 0.15) is 0 Å². The quantitative estimate of drug-likeness (QED) is 0.757. The van der Waals surface area contributed by atoms with Crippen LogP contribution >= 0.6 is 0 Å². The fraction of sp³-hybridized carbons (Fsp3) is 0.833. The third-order valence-electron chi connectivity index (χ3n) is 3.69. The smallest absolute Gasteiger partial charge is 0.317 e. The Hall–Kier alpha value is -1.26. The normalized spacial score (nSPS) is 28.4. The van der Waals surface area contributed by atoms with Crippen LogP contribution in [0.2, 0.25) is 0 Å². The number of amides is 2. The predicted molar refractivity (Wildman–Crippen MR) is 62.6 cm³/mol. The lowest BCUT2D eigenvalue weighted by Gasteiger charge is -2.20. The third kappa shape index (κ3) is 3.11. The molecule has 2 aliphatic carbocycles. The molecule has 2 amide bonds. The maximum atomic E-state index is 11.8. The zero-order valence-electron chi connectivity index (χ0n) is 10.3. The van der Waals surface area contributed by atoms with E-state index in [1.54, 1.807) is 14.0 Å². The molecule has 0 aromatic heterocycles. The fourth-order valence-electron chi connectivity index (χ4n) is 2.27. The molecule has 2 fully saturated rings. The summed E-state index contributed by atoms with van der Waals surface area (Å²) in [5, 5.41) is 11.7. The van der Waals surface area contributed by atoms with Gasteiger partial charge < -0.3 is 15.3 Å². The van der Waals surface area contributed by atoms with Crippen LogP contribution in [0, 0.1) is 17.8 Å². The Bertz CT molecular complexity index is 328. The molecule has 5 nitrogen and oxygen atoms in total. The van der Waals surface area contributed by atoms with Crippen molar-refractivity contribution in [1.82, 2.24) is 10.2 Å². The highest BCUT2D eigenvalue weighted by Crippen LogP contribution is 2.49. The van der Waals surface area contributed by atoms with E-state index < -0.39 is 11.9 Å². The molecule has 0 bridgehead atoms. The molecule has 0 spiro atoms. The van der Waals surface area contributed by atoms with Crippen molar-refractivity contribution < 1.29 is 14.7 Å². The summed E-state index contributed by atoms with van der Waals surface area (Å²) < 4.78 is 0. The van der Waals surface area contributed by atoms with Crippen molar-refractivity contribution in [1.29, 1.82) is 0 Å². The van der Waals surface area contributed by atoms with E-state index in [1.165, 1.54) is 17.7 Å². The van der Waals surface area contributed by atoms with E-state index in [9.17, 15) is 9.59 Å². The molecule has 96 valence electrons. The minimum absolute atomic E-state index is 0.147. The summed E-state index contributed by atoms with van der Waals surface area (Å²) in [4.78, 5) is 23.9. The highest BCUT2D eigenvalue weighted by atomic mass is 16.4. The van der Waals surface area contributed by atoms with Gasteiger partial charge in [-0.1, -0.05) is 6.92 Å². The van der Waals surface area contributed by atoms with E-state index in [4.69, 9.17) is 5.11 Å². The Morgan fingerprint density at radius 1 is 1.47 bits per heavy atom. The SMILES string of the molecule is CC(CN(C)C(=O)N[C@@H]1C[C@H]1C1CC1)C(=O)O. The lowest BCUT2D eigenvalue weighted by molar-refractivity contribution is -0.141. The summed E-state index contributed by atoms with van der Waals surface area (Å²) in [7, 11) is 1.64.